The summed E-state index contributed by atoms with van der Waals surface area (Å²) in [6, 6.07) is 4.76. The molecule has 1 N–H and O–H groups in total. The fourth-order valence-corrected chi connectivity index (χ4v) is 1.58. The SMILES string of the molecule is COC(=O)C[C@H](NC(=O)c1cccc(C=O)c1)C(=O)OC. The minimum absolute atomic E-state index is 0.193. The van der Waals surface area contributed by atoms with Crippen molar-refractivity contribution in [1.82, 2.24) is 5.32 Å². The average Bonchev–Trinajstić information content (AvgIpc) is 2.53. The third-order valence-corrected chi connectivity index (χ3v) is 2.67. The van der Waals surface area contributed by atoms with Crippen LogP contribution >= 0.6 is 0 Å². The Labute approximate surface area is 121 Å². The smallest absolute Gasteiger partial charge is 0.328 e. The van der Waals surface area contributed by atoms with Gasteiger partial charge in [0, 0.05) is 11.1 Å². The molecule has 0 fully saturated rings. The molecule has 0 heterocycles. The van der Waals surface area contributed by atoms with Crippen LogP contribution in [0.2, 0.25) is 0 Å². The van der Waals surface area contributed by atoms with Gasteiger partial charge in [-0.25, -0.2) is 4.79 Å². The maximum Gasteiger partial charge on any atom is 0.328 e. The number of aldehydes is 1. The Morgan fingerprint density at radius 2 is 1.95 bits per heavy atom. The lowest BCUT2D eigenvalue weighted by molar-refractivity contribution is -0.149. The van der Waals surface area contributed by atoms with Crippen molar-refractivity contribution < 1.29 is 28.7 Å². The Morgan fingerprint density at radius 3 is 2.52 bits per heavy atom. The van der Waals surface area contributed by atoms with Crippen LogP contribution in [0.4, 0.5) is 0 Å². The van der Waals surface area contributed by atoms with Crippen LogP contribution in [0, 0.1) is 0 Å². The molecule has 0 spiro atoms. The van der Waals surface area contributed by atoms with E-state index < -0.39 is 23.9 Å². The first-order valence-corrected chi connectivity index (χ1v) is 6.02. The van der Waals surface area contributed by atoms with Crippen LogP contribution in [-0.4, -0.2) is 44.4 Å². The van der Waals surface area contributed by atoms with Crippen molar-refractivity contribution >= 4 is 24.1 Å². The largest absolute Gasteiger partial charge is 0.469 e. The fraction of sp³-hybridized carbons (Fsp3) is 0.286. The van der Waals surface area contributed by atoms with E-state index in [0.717, 1.165) is 7.11 Å². The summed E-state index contributed by atoms with van der Waals surface area (Å²) in [6.07, 6.45) is 0.255. The summed E-state index contributed by atoms with van der Waals surface area (Å²) >= 11 is 0. The quantitative estimate of drug-likeness (QED) is 0.599. The zero-order valence-electron chi connectivity index (χ0n) is 11.6. The third-order valence-electron chi connectivity index (χ3n) is 2.67. The first kappa shape index (κ1) is 16.4. The average molecular weight is 293 g/mol. The first-order chi connectivity index (χ1) is 10.0. The van der Waals surface area contributed by atoms with Gasteiger partial charge in [-0.15, -0.1) is 0 Å². The van der Waals surface area contributed by atoms with Crippen LogP contribution in [0.5, 0.6) is 0 Å². The van der Waals surface area contributed by atoms with Gasteiger partial charge in [-0.05, 0) is 12.1 Å². The Kier molecular flexibility index (Phi) is 6.06. The number of benzene rings is 1. The number of ether oxygens (including phenoxy) is 2. The normalized spacial score (nSPS) is 11.1. The van der Waals surface area contributed by atoms with E-state index in [1.165, 1.54) is 31.4 Å². The van der Waals surface area contributed by atoms with Crippen LogP contribution in [0.25, 0.3) is 0 Å². The molecule has 0 aliphatic carbocycles. The second-order valence-electron chi connectivity index (χ2n) is 4.07. The van der Waals surface area contributed by atoms with Gasteiger partial charge >= 0.3 is 11.9 Å². The monoisotopic (exact) mass is 293 g/mol. The zero-order valence-corrected chi connectivity index (χ0v) is 11.6. The highest BCUT2D eigenvalue weighted by Crippen LogP contribution is 2.05. The molecule has 0 radical (unpaired) electrons. The van der Waals surface area contributed by atoms with Crippen molar-refractivity contribution in [1.29, 1.82) is 0 Å². The summed E-state index contributed by atoms with van der Waals surface area (Å²) in [6.45, 7) is 0. The molecular formula is C14H15NO6. The van der Waals surface area contributed by atoms with E-state index in [-0.39, 0.29) is 12.0 Å². The van der Waals surface area contributed by atoms with Crippen molar-refractivity contribution in [3.8, 4) is 0 Å². The van der Waals surface area contributed by atoms with Crippen LogP contribution in [0.1, 0.15) is 27.1 Å². The Bertz CT molecular complexity index is 554. The molecule has 0 unspecified atom stereocenters. The molecule has 1 amide bonds. The number of methoxy groups -OCH3 is 2. The van der Waals surface area contributed by atoms with Gasteiger partial charge in [0.2, 0.25) is 0 Å². The number of carbonyl (C=O) groups is 4. The van der Waals surface area contributed by atoms with E-state index in [1.807, 2.05) is 0 Å². The number of carbonyl (C=O) groups excluding carboxylic acids is 4. The summed E-state index contributed by atoms with van der Waals surface area (Å²) < 4.78 is 8.98. The van der Waals surface area contributed by atoms with Crippen molar-refractivity contribution in [2.24, 2.45) is 0 Å². The lowest BCUT2D eigenvalue weighted by Crippen LogP contribution is -2.43. The van der Waals surface area contributed by atoms with E-state index >= 15 is 0 Å². The minimum Gasteiger partial charge on any atom is -0.469 e. The molecule has 0 aromatic heterocycles. The number of nitrogens with one attached hydrogen (secondary N) is 1. The number of hydrogen-bond acceptors (Lipinski definition) is 6. The molecule has 7 heteroatoms. The standard InChI is InChI=1S/C14H15NO6/c1-20-12(17)7-11(14(19)21-2)15-13(18)10-5-3-4-9(6-10)8-16/h3-6,8,11H,7H2,1-2H3,(H,15,18)/t11-/m0/s1. The maximum atomic E-state index is 12.0. The van der Waals surface area contributed by atoms with Crippen molar-refractivity contribution in [2.75, 3.05) is 14.2 Å². The predicted molar refractivity (Wildman–Crippen MR) is 71.7 cm³/mol. The Balaban J connectivity index is 2.86. The summed E-state index contributed by atoms with van der Waals surface area (Å²) in [5, 5.41) is 2.37. The molecule has 0 aliphatic rings. The van der Waals surface area contributed by atoms with Crippen LogP contribution in [0.3, 0.4) is 0 Å². The summed E-state index contributed by atoms with van der Waals surface area (Å²) in [4.78, 5) is 45.5. The van der Waals surface area contributed by atoms with Crippen molar-refractivity contribution in [2.45, 2.75) is 12.5 Å². The van der Waals surface area contributed by atoms with Crippen molar-refractivity contribution in [3.05, 3.63) is 35.4 Å². The van der Waals surface area contributed by atoms with Gasteiger partial charge in [-0.1, -0.05) is 12.1 Å². The van der Waals surface area contributed by atoms with Crippen LogP contribution in [0.15, 0.2) is 24.3 Å². The van der Waals surface area contributed by atoms with Gasteiger partial charge < -0.3 is 14.8 Å². The molecule has 7 nitrogen and oxygen atoms in total. The van der Waals surface area contributed by atoms with Crippen LogP contribution in [-0.2, 0) is 19.1 Å². The number of rotatable bonds is 6. The molecule has 1 rings (SSSR count). The Morgan fingerprint density at radius 1 is 1.24 bits per heavy atom. The lowest BCUT2D eigenvalue weighted by atomic mass is 10.1. The Hall–Kier alpha value is -2.70. The predicted octanol–water partition coefficient (Wildman–Crippen LogP) is 0.334. The number of amides is 1. The third kappa shape index (κ3) is 4.72. The van der Waals surface area contributed by atoms with Crippen molar-refractivity contribution in [3.63, 3.8) is 0 Å². The highest BCUT2D eigenvalue weighted by molar-refractivity contribution is 5.98. The van der Waals surface area contributed by atoms with Gasteiger partial charge in [0.25, 0.3) is 5.91 Å². The lowest BCUT2D eigenvalue weighted by Gasteiger charge is -2.15. The summed E-state index contributed by atoms with van der Waals surface area (Å²) in [7, 11) is 2.32. The van der Waals surface area contributed by atoms with E-state index in [4.69, 9.17) is 0 Å². The molecule has 0 aliphatic heterocycles. The van der Waals surface area contributed by atoms with Gasteiger partial charge in [0.05, 0.1) is 20.6 Å². The number of esters is 2. The molecule has 0 bridgehead atoms. The molecule has 0 saturated carbocycles. The van der Waals surface area contributed by atoms with E-state index in [2.05, 4.69) is 14.8 Å². The van der Waals surface area contributed by atoms with Crippen LogP contribution < -0.4 is 5.32 Å². The first-order valence-electron chi connectivity index (χ1n) is 6.02. The molecule has 0 saturated heterocycles. The number of hydrogen-bond donors (Lipinski definition) is 1. The van der Waals surface area contributed by atoms with Gasteiger partial charge in [0.1, 0.15) is 12.3 Å². The summed E-state index contributed by atoms with van der Waals surface area (Å²) in [5.74, 6) is -2.02. The van der Waals surface area contributed by atoms with Gasteiger partial charge in [0.15, 0.2) is 0 Å². The topological polar surface area (TPSA) is 98.8 Å². The summed E-state index contributed by atoms with van der Waals surface area (Å²) in [5.41, 5.74) is 0.517. The molecular weight excluding hydrogens is 278 g/mol. The second-order valence-corrected chi connectivity index (χ2v) is 4.07. The molecule has 1 atom stereocenters. The molecule has 112 valence electrons. The zero-order chi connectivity index (χ0) is 15.8. The van der Waals surface area contributed by atoms with E-state index in [9.17, 15) is 19.2 Å². The molecule has 1 aromatic carbocycles. The second kappa shape index (κ2) is 7.78. The van der Waals surface area contributed by atoms with Gasteiger partial charge in [-0.3, -0.25) is 14.4 Å². The molecule has 21 heavy (non-hydrogen) atoms. The maximum absolute atomic E-state index is 12.0. The fourth-order valence-electron chi connectivity index (χ4n) is 1.58. The highest BCUT2D eigenvalue weighted by atomic mass is 16.5. The van der Waals surface area contributed by atoms with Gasteiger partial charge in [-0.2, -0.15) is 0 Å². The molecule has 1 aromatic rings. The highest BCUT2D eigenvalue weighted by Gasteiger charge is 2.25. The van der Waals surface area contributed by atoms with E-state index in [0.29, 0.717) is 11.8 Å². The minimum atomic E-state index is -1.16. The van der Waals surface area contributed by atoms with E-state index in [1.54, 1.807) is 0 Å².